The van der Waals surface area contributed by atoms with Crippen LogP contribution in [-0.4, -0.2) is 36.2 Å². The minimum absolute atomic E-state index is 0.0398. The summed E-state index contributed by atoms with van der Waals surface area (Å²) in [5.41, 5.74) is 1.57. The van der Waals surface area contributed by atoms with Crippen molar-refractivity contribution in [2.24, 2.45) is 10.2 Å². The van der Waals surface area contributed by atoms with E-state index < -0.39 is 27.4 Å². The van der Waals surface area contributed by atoms with Crippen LogP contribution in [0.2, 0.25) is 10.0 Å². The molecule has 2 aromatic carbocycles. The zero-order valence-electron chi connectivity index (χ0n) is 16.2. The molecule has 0 aliphatic heterocycles. The largest absolute Gasteiger partial charge is 0.372 e. The van der Waals surface area contributed by atoms with E-state index in [2.05, 4.69) is 19.9 Å². The number of hydrogen-bond donors (Lipinski definition) is 1. The number of nitrogens with one attached hydrogen (secondary N) is 1. The molecule has 0 unspecified atom stereocenters. The van der Waals surface area contributed by atoms with Gasteiger partial charge in [0.2, 0.25) is 10.0 Å². The van der Waals surface area contributed by atoms with Gasteiger partial charge in [0, 0.05) is 18.8 Å². The smallest absolute Gasteiger partial charge is 0.335 e. The normalized spacial score (nSPS) is 11.0. The zero-order valence-corrected chi connectivity index (χ0v) is 19.4. The van der Waals surface area contributed by atoms with Gasteiger partial charge in [0.1, 0.15) is 17.2 Å². The lowest BCUT2D eigenvalue weighted by atomic mass is 10.2. The summed E-state index contributed by atoms with van der Waals surface area (Å²) < 4.78 is 55.8. The summed E-state index contributed by atoms with van der Waals surface area (Å²) in [7, 11) is -3.53. The predicted octanol–water partition coefficient (Wildman–Crippen LogP) is 5.10. The van der Waals surface area contributed by atoms with Crippen LogP contribution < -0.4 is 9.62 Å². The van der Waals surface area contributed by atoms with E-state index in [-0.39, 0.29) is 27.1 Å². The van der Waals surface area contributed by atoms with Crippen LogP contribution in [0.5, 0.6) is 0 Å². The summed E-state index contributed by atoms with van der Waals surface area (Å²) in [5.74, 6) is -0.663. The first-order chi connectivity index (χ1) is 14.1. The average Bonchev–Trinajstić information content (AvgIpc) is 2.65. The summed E-state index contributed by atoms with van der Waals surface area (Å²) in [5, 5.41) is 7.94. The lowest BCUT2D eigenvalue weighted by molar-refractivity contribution is 0.606. The van der Waals surface area contributed by atoms with Crippen LogP contribution >= 0.6 is 23.2 Å². The standard InChI is InChI=1S/C17H19Cl2FN4O2S.O2S/c1-4-24(5-2)11-6-7-15(17(8-11)23-27(3,25)26)21-22-16-10-12(18)14(20)9-13(16)19;1-3-2/h6-10,23H,4-5H2,1-3H3;. The van der Waals surface area contributed by atoms with Crippen molar-refractivity contribution >= 4 is 67.5 Å². The molecule has 30 heavy (non-hydrogen) atoms. The number of rotatable bonds is 7. The molecule has 0 aliphatic rings. The van der Waals surface area contributed by atoms with Gasteiger partial charge in [-0.1, -0.05) is 23.2 Å². The molecule has 1 N–H and O–H groups in total. The van der Waals surface area contributed by atoms with E-state index in [4.69, 9.17) is 31.6 Å². The zero-order chi connectivity index (χ0) is 22.9. The highest BCUT2D eigenvalue weighted by atomic mass is 35.5. The number of azo groups is 1. The lowest BCUT2D eigenvalue weighted by Gasteiger charge is -2.22. The van der Waals surface area contributed by atoms with Gasteiger partial charge in [-0.2, -0.15) is 8.42 Å². The Balaban J connectivity index is 0.00000141. The van der Waals surface area contributed by atoms with Gasteiger partial charge in [-0.25, -0.2) is 12.8 Å². The van der Waals surface area contributed by atoms with Crippen molar-refractivity contribution in [2.75, 3.05) is 29.0 Å². The minimum atomic E-state index is -3.53. The highest BCUT2D eigenvalue weighted by molar-refractivity contribution is 7.92. The fourth-order valence-corrected chi connectivity index (χ4v) is 3.28. The number of nitrogens with zero attached hydrogens (tertiary/aromatic N) is 3. The van der Waals surface area contributed by atoms with Crippen LogP contribution in [-0.2, 0) is 21.6 Å². The molecule has 0 saturated carbocycles. The van der Waals surface area contributed by atoms with Crippen molar-refractivity contribution < 1.29 is 21.2 Å². The summed E-state index contributed by atoms with van der Waals surface area (Å²) in [4.78, 5) is 2.06. The molecule has 0 spiro atoms. The van der Waals surface area contributed by atoms with Gasteiger partial charge in [0.05, 0.1) is 22.0 Å². The second-order valence-electron chi connectivity index (χ2n) is 5.73. The molecular formula is C17H19Cl2FN4O4S2. The third kappa shape index (κ3) is 7.98. The van der Waals surface area contributed by atoms with Crippen LogP contribution in [0.1, 0.15) is 13.8 Å². The van der Waals surface area contributed by atoms with Crippen molar-refractivity contribution in [3.05, 3.63) is 46.2 Å². The Kier molecular flexibility index (Phi) is 10.3. The van der Waals surface area contributed by atoms with Gasteiger partial charge in [0.15, 0.2) is 0 Å². The van der Waals surface area contributed by atoms with Gasteiger partial charge in [-0.05, 0) is 44.2 Å². The van der Waals surface area contributed by atoms with Gasteiger partial charge in [-0.15, -0.1) is 10.2 Å². The fourth-order valence-electron chi connectivity index (χ4n) is 2.37. The Morgan fingerprint density at radius 3 is 2.13 bits per heavy atom. The molecule has 0 bridgehead atoms. The van der Waals surface area contributed by atoms with Crippen LogP contribution in [0.25, 0.3) is 0 Å². The Morgan fingerprint density at radius 2 is 1.60 bits per heavy atom. The summed E-state index contributed by atoms with van der Waals surface area (Å²) >= 11 is 10.9. The molecule has 0 saturated heterocycles. The fraction of sp³-hybridized carbons (Fsp3) is 0.294. The van der Waals surface area contributed by atoms with Crippen LogP contribution in [0.4, 0.5) is 27.1 Å². The Morgan fingerprint density at radius 1 is 1.03 bits per heavy atom. The van der Waals surface area contributed by atoms with E-state index in [0.717, 1.165) is 31.1 Å². The van der Waals surface area contributed by atoms with E-state index in [0.29, 0.717) is 0 Å². The first-order valence-corrected chi connectivity index (χ1v) is 11.7. The SMILES string of the molecule is CCN(CC)c1ccc(N=Nc2cc(Cl)c(F)cc2Cl)c(NS(C)(=O)=O)c1.O=S=O. The molecule has 0 radical (unpaired) electrons. The number of benzene rings is 2. The Hall–Kier alpha value is -2.08. The molecular weight excluding hydrogens is 478 g/mol. The number of halogens is 3. The number of hydrogen-bond acceptors (Lipinski definition) is 7. The minimum Gasteiger partial charge on any atom is -0.372 e. The van der Waals surface area contributed by atoms with Gasteiger partial charge in [0.25, 0.3) is 0 Å². The first kappa shape index (κ1) is 26.0. The van der Waals surface area contributed by atoms with E-state index >= 15 is 0 Å². The van der Waals surface area contributed by atoms with E-state index in [1.165, 1.54) is 6.07 Å². The van der Waals surface area contributed by atoms with Crippen molar-refractivity contribution in [1.29, 1.82) is 0 Å². The third-order valence-corrected chi connectivity index (χ3v) is 4.84. The molecule has 0 atom stereocenters. The summed E-state index contributed by atoms with van der Waals surface area (Å²) in [6.07, 6.45) is 1.05. The van der Waals surface area contributed by atoms with Crippen LogP contribution in [0.3, 0.4) is 0 Å². The maximum atomic E-state index is 13.4. The quantitative estimate of drug-likeness (QED) is 0.423. The molecule has 0 aromatic heterocycles. The second-order valence-corrected chi connectivity index (χ2v) is 8.43. The molecule has 0 amide bonds. The highest BCUT2D eigenvalue weighted by Gasteiger charge is 2.12. The first-order valence-electron chi connectivity index (χ1n) is 8.41. The third-order valence-electron chi connectivity index (χ3n) is 3.66. The predicted molar refractivity (Wildman–Crippen MR) is 118 cm³/mol. The van der Waals surface area contributed by atoms with E-state index in [1.54, 1.807) is 12.1 Å². The van der Waals surface area contributed by atoms with Crippen molar-refractivity contribution in [3.8, 4) is 0 Å². The molecule has 8 nitrogen and oxygen atoms in total. The van der Waals surface area contributed by atoms with Crippen LogP contribution in [0.15, 0.2) is 40.6 Å². The van der Waals surface area contributed by atoms with Crippen molar-refractivity contribution in [1.82, 2.24) is 0 Å². The highest BCUT2D eigenvalue weighted by Crippen LogP contribution is 2.35. The lowest BCUT2D eigenvalue weighted by Crippen LogP contribution is -2.22. The molecule has 13 heteroatoms. The summed E-state index contributed by atoms with van der Waals surface area (Å²) in [6, 6.07) is 7.42. The van der Waals surface area contributed by atoms with Gasteiger partial charge < -0.3 is 4.90 Å². The molecule has 0 aliphatic carbocycles. The molecule has 0 heterocycles. The van der Waals surface area contributed by atoms with Crippen molar-refractivity contribution in [3.63, 3.8) is 0 Å². The van der Waals surface area contributed by atoms with Gasteiger partial charge >= 0.3 is 11.6 Å². The Labute approximate surface area is 187 Å². The molecule has 2 aromatic rings. The second kappa shape index (κ2) is 11.9. The van der Waals surface area contributed by atoms with E-state index in [1.807, 2.05) is 19.9 Å². The topological polar surface area (TPSA) is 108 Å². The molecule has 0 fully saturated rings. The van der Waals surface area contributed by atoms with E-state index in [9.17, 15) is 12.8 Å². The Bertz CT molecular complexity index is 1060. The number of sulfonamides is 1. The maximum Gasteiger partial charge on any atom is 0.335 e. The summed E-state index contributed by atoms with van der Waals surface area (Å²) in [6.45, 7) is 5.53. The average molecular weight is 497 g/mol. The molecule has 2 rings (SSSR count). The molecule has 164 valence electrons. The monoisotopic (exact) mass is 496 g/mol. The van der Waals surface area contributed by atoms with Crippen LogP contribution in [0, 0.1) is 5.82 Å². The van der Waals surface area contributed by atoms with Crippen molar-refractivity contribution in [2.45, 2.75) is 13.8 Å². The maximum absolute atomic E-state index is 13.4. The van der Waals surface area contributed by atoms with Gasteiger partial charge in [-0.3, -0.25) is 4.72 Å². The number of anilines is 2.